The Hall–Kier alpha value is -11.3. The van der Waals surface area contributed by atoms with E-state index in [1.54, 1.807) is 101 Å². The minimum absolute atomic E-state index is 0.0102. The van der Waals surface area contributed by atoms with Gasteiger partial charge < -0.3 is 87.0 Å². The van der Waals surface area contributed by atoms with Crippen molar-refractivity contribution in [3.8, 4) is 40.1 Å². The third-order valence-electron chi connectivity index (χ3n) is 15.6. The molecule has 2 atom stereocenters. The van der Waals surface area contributed by atoms with Gasteiger partial charge in [0.25, 0.3) is 11.8 Å². The lowest BCUT2D eigenvalue weighted by molar-refractivity contribution is 0.0988. The first-order valence-corrected chi connectivity index (χ1v) is 31.2. The Morgan fingerprint density at radius 3 is 1.69 bits per heavy atom. The molecule has 0 unspecified atom stereocenters. The fourth-order valence-corrected chi connectivity index (χ4v) is 11.2. The number of aromatic nitrogens is 15. The lowest BCUT2D eigenvalue weighted by Gasteiger charge is -2.23. The summed E-state index contributed by atoms with van der Waals surface area (Å²) >= 11 is 17.3. The lowest BCUT2D eigenvalue weighted by Crippen LogP contribution is -2.34. The minimum atomic E-state index is -0.775. The van der Waals surface area contributed by atoms with Crippen LogP contribution in [0.15, 0.2) is 129 Å². The SMILES string of the molecule is COc1cc(-n2cnc(Nc3nc(Cl)nn4cccc34)c2)cc(C(N)=O)c1OC.COc1cc(-n2cnc(Nc3nc(N4CCC[C@H]4CO)nn4cccc34)c2)cc(C(N)=O)c1O.Cc1cc(-n2cnc(N)c2)cc(C(N)=O)c1C.Clc1nc(Cl)c2cccn2n1.OC[C@@H]1CCCN1. The van der Waals surface area contributed by atoms with Crippen molar-refractivity contribution in [2.24, 2.45) is 17.2 Å². The molecule has 0 radical (unpaired) electrons. The Balaban J connectivity index is 0.000000145. The number of amides is 3. The van der Waals surface area contributed by atoms with Gasteiger partial charge in [0.1, 0.15) is 53.0 Å². The van der Waals surface area contributed by atoms with Crippen LogP contribution >= 0.6 is 34.8 Å². The maximum absolute atomic E-state index is 11.8. The van der Waals surface area contributed by atoms with Crippen LogP contribution in [-0.2, 0) is 0 Å². The van der Waals surface area contributed by atoms with E-state index in [4.69, 9.17) is 82.0 Å². The Morgan fingerprint density at radius 2 is 1.15 bits per heavy atom. The molecule has 2 aliphatic rings. The molecule has 3 amide bonds. The number of benzene rings is 3. The van der Waals surface area contributed by atoms with Crippen molar-refractivity contribution >= 4 is 104 Å². The summed E-state index contributed by atoms with van der Waals surface area (Å²) < 4.78 is 25.8. The van der Waals surface area contributed by atoms with Crippen molar-refractivity contribution in [1.29, 1.82) is 0 Å². The zero-order valence-corrected chi connectivity index (χ0v) is 55.6. The largest absolute Gasteiger partial charge is 0.504 e. The number of nitrogen functional groups attached to an aromatic ring is 1. The number of primary amides is 3. The summed E-state index contributed by atoms with van der Waals surface area (Å²) in [5.74, 6) is 1.65. The Morgan fingerprint density at radius 1 is 0.622 bits per heavy atom. The van der Waals surface area contributed by atoms with E-state index < -0.39 is 17.7 Å². The molecular weight excluding hydrogens is 1330 g/mol. The van der Waals surface area contributed by atoms with E-state index in [0.29, 0.717) is 75.5 Å². The fraction of sp³-hybridized carbons (Fsp3) is 0.238. The van der Waals surface area contributed by atoms with E-state index in [-0.39, 0.29) is 51.6 Å². The number of imidazole rings is 3. The number of aryl methyl sites for hydroxylation is 1. The molecular formula is C63H68Cl3N23O9. The minimum Gasteiger partial charge on any atom is -0.504 e. The number of methoxy groups -OCH3 is 3. The normalized spacial score (nSPS) is 13.9. The number of ether oxygens (including phenoxy) is 3. The van der Waals surface area contributed by atoms with Crippen LogP contribution in [0, 0.1) is 13.8 Å². The highest BCUT2D eigenvalue weighted by molar-refractivity contribution is 6.34. The number of aliphatic hydroxyl groups is 2. The number of fused-ring (bicyclic) bond motifs is 3. The summed E-state index contributed by atoms with van der Waals surface area (Å²) in [7, 11) is 4.31. The number of aromatic hydroxyl groups is 1. The molecule has 2 fully saturated rings. The number of nitrogens with two attached hydrogens (primary N) is 4. The molecule has 98 heavy (non-hydrogen) atoms. The van der Waals surface area contributed by atoms with Crippen molar-refractivity contribution < 1.29 is 43.9 Å². The zero-order chi connectivity index (χ0) is 69.9. The molecule has 32 nitrogen and oxygen atoms in total. The van der Waals surface area contributed by atoms with Gasteiger partial charge in [0, 0.05) is 54.6 Å². The Bertz CT molecular complexity index is 4830. The van der Waals surface area contributed by atoms with Gasteiger partial charge in [-0.25, -0.2) is 33.5 Å². The van der Waals surface area contributed by atoms with Crippen LogP contribution in [-0.4, -0.2) is 165 Å². The third kappa shape index (κ3) is 16.0. The number of carbonyl (C=O) groups is 3. The zero-order valence-electron chi connectivity index (χ0n) is 53.3. The summed E-state index contributed by atoms with van der Waals surface area (Å²) in [4.78, 5) is 62.3. The van der Waals surface area contributed by atoms with E-state index in [1.165, 1.54) is 33.8 Å². The van der Waals surface area contributed by atoms with Crippen molar-refractivity contribution in [2.75, 3.05) is 68.9 Å². The summed E-state index contributed by atoms with van der Waals surface area (Å²) in [5, 5.41) is 51.1. The number of nitrogens with one attached hydrogen (secondary N) is 3. The molecule has 510 valence electrons. The summed E-state index contributed by atoms with van der Waals surface area (Å²) in [6, 6.07) is 21.5. The first-order chi connectivity index (χ1) is 47.2. The number of aliphatic hydroxyl groups excluding tert-OH is 2. The smallest absolute Gasteiger partial charge is 0.252 e. The van der Waals surface area contributed by atoms with Crippen LogP contribution < -0.4 is 58.0 Å². The fourth-order valence-electron chi connectivity index (χ4n) is 10.6. The maximum atomic E-state index is 11.8. The van der Waals surface area contributed by atoms with Gasteiger partial charge in [-0.2, -0.15) is 9.97 Å². The second-order valence-electron chi connectivity index (χ2n) is 21.9. The van der Waals surface area contributed by atoms with Gasteiger partial charge in [-0.05, 0) is 141 Å². The molecule has 0 aliphatic carbocycles. The van der Waals surface area contributed by atoms with E-state index in [0.717, 1.165) is 65.7 Å². The summed E-state index contributed by atoms with van der Waals surface area (Å²) in [5.41, 5.74) is 28.6. The molecule has 3 aromatic carbocycles. The first-order valence-electron chi connectivity index (χ1n) is 30.0. The van der Waals surface area contributed by atoms with Crippen LogP contribution in [0.1, 0.15) is 67.9 Å². The van der Waals surface area contributed by atoms with Crippen LogP contribution in [0.4, 0.5) is 35.0 Å². The highest BCUT2D eigenvalue weighted by Crippen LogP contribution is 2.36. The first kappa shape index (κ1) is 69.5. The van der Waals surface area contributed by atoms with Crippen molar-refractivity contribution in [3.63, 3.8) is 0 Å². The molecule has 11 heterocycles. The van der Waals surface area contributed by atoms with Crippen LogP contribution in [0.3, 0.4) is 0 Å². The predicted octanol–water partition coefficient (Wildman–Crippen LogP) is 6.80. The average Bonchev–Trinajstić information content (AvgIpc) is 1.57. The quantitative estimate of drug-likeness (QED) is 0.0475. The molecule has 14 rings (SSSR count). The second-order valence-corrected chi connectivity index (χ2v) is 22.9. The number of anilines is 6. The van der Waals surface area contributed by atoms with Gasteiger partial charge in [-0.1, -0.05) is 11.6 Å². The second kappa shape index (κ2) is 31.1. The molecule has 35 heteroatoms. The van der Waals surface area contributed by atoms with Gasteiger partial charge >= 0.3 is 0 Å². The third-order valence-corrected chi connectivity index (χ3v) is 16.2. The highest BCUT2D eigenvalue weighted by Gasteiger charge is 2.28. The molecule has 2 aliphatic heterocycles. The van der Waals surface area contributed by atoms with E-state index >= 15 is 0 Å². The molecule has 0 bridgehead atoms. The Labute approximate surface area is 573 Å². The maximum Gasteiger partial charge on any atom is 0.252 e. The molecule has 14 N–H and O–H groups in total. The summed E-state index contributed by atoms with van der Waals surface area (Å²) in [6.45, 7) is 6.03. The number of carbonyl (C=O) groups excluding carboxylic acids is 3. The number of halogens is 3. The number of phenols is 1. The van der Waals surface area contributed by atoms with Crippen molar-refractivity contribution in [2.45, 2.75) is 51.6 Å². The van der Waals surface area contributed by atoms with Gasteiger partial charge in [0.2, 0.25) is 22.4 Å². The number of nitrogens with zero attached hydrogens (tertiary/aromatic N) is 16. The molecule has 2 saturated heterocycles. The van der Waals surface area contributed by atoms with E-state index in [1.807, 2.05) is 67.4 Å². The van der Waals surface area contributed by atoms with Gasteiger partial charge in [-0.3, -0.25) is 14.4 Å². The number of rotatable bonds is 16. The Kier molecular flexibility index (Phi) is 22.0. The number of hydrogen-bond donors (Lipinski definition) is 10. The molecule has 0 saturated carbocycles. The monoisotopic (exact) mass is 1400 g/mol. The highest BCUT2D eigenvalue weighted by atomic mass is 35.5. The number of hydrogen-bond acceptors (Lipinski definition) is 23. The van der Waals surface area contributed by atoms with Crippen LogP contribution in [0.5, 0.6) is 23.0 Å². The average molecular weight is 1400 g/mol. The van der Waals surface area contributed by atoms with E-state index in [9.17, 15) is 24.6 Å². The van der Waals surface area contributed by atoms with Gasteiger partial charge in [0.05, 0.1) is 81.7 Å². The van der Waals surface area contributed by atoms with Gasteiger partial charge in [-0.15, -0.1) is 15.3 Å². The molecule has 9 aromatic heterocycles. The van der Waals surface area contributed by atoms with E-state index in [2.05, 4.69) is 56.2 Å². The van der Waals surface area contributed by atoms with Crippen molar-refractivity contribution in [1.82, 2.24) is 77.8 Å². The van der Waals surface area contributed by atoms with Crippen LogP contribution in [0.2, 0.25) is 15.7 Å². The van der Waals surface area contributed by atoms with Crippen LogP contribution in [0.25, 0.3) is 33.6 Å². The lowest BCUT2D eigenvalue weighted by atomic mass is 10.0. The topological polar surface area (TPSA) is 427 Å². The predicted molar refractivity (Wildman–Crippen MR) is 368 cm³/mol. The summed E-state index contributed by atoms with van der Waals surface area (Å²) in [6.07, 6.45) is 19.4. The van der Waals surface area contributed by atoms with Crippen molar-refractivity contribution in [3.05, 3.63) is 172 Å². The molecule has 0 spiro atoms. The standard InChI is InChI=1S/C22H24N8O4.C18H16ClN7O3.C12H14N4O.C6H3Cl2N3.C5H11NO/c1-34-17-9-14(8-15(19(17)32)20(23)33)28-10-18(24-12-28)25-21-16-5-3-7-30(16)27-22(26-21)29-6-2-4-13(29)11-31;1-28-13-7-10(6-11(16(20)27)15(13)29-2)25-8-14(21-9-25)22-17-12-4-3-5-26(12)24-18(19)23-17;1-7-3-9(16-5-11(13)15-6-16)4-10(8(7)2)12(14)17;7-5-4-2-1-3-11(4)10-6(8)9-5;7-4-5-2-1-3-6-5/h3,5,7-10,12-13,31-32H,2,4,6,11H2,1H3,(H2,23,33)(H,25,26,27);3-9H,1-2H3,(H2,20,27)(H,22,23,24);3-6H,13H2,1-2H3,(H2,14,17);1-3H;5-7H,1-4H2/t13-;;;;5-/m0...0/s1. The molecule has 12 aromatic rings. The van der Waals surface area contributed by atoms with Gasteiger partial charge in [0.15, 0.2) is 39.8 Å².